The molecule has 0 unspecified atom stereocenters. The molecule has 0 radical (unpaired) electrons. The van der Waals surface area contributed by atoms with Crippen LogP contribution in [0.5, 0.6) is 0 Å². The highest BCUT2D eigenvalue weighted by Crippen LogP contribution is 2.30. The van der Waals surface area contributed by atoms with Gasteiger partial charge in [0.15, 0.2) is 0 Å². The second kappa shape index (κ2) is 5.51. The van der Waals surface area contributed by atoms with Gasteiger partial charge in [0.1, 0.15) is 6.04 Å². The predicted octanol–water partition coefficient (Wildman–Crippen LogP) is 2.60. The van der Waals surface area contributed by atoms with Crippen molar-refractivity contribution in [1.82, 2.24) is 4.72 Å². The Balaban J connectivity index is 3.15. The van der Waals surface area contributed by atoms with Crippen molar-refractivity contribution in [2.45, 2.75) is 38.6 Å². The summed E-state index contributed by atoms with van der Waals surface area (Å²) in [7, 11) is -3.85. The topological polar surface area (TPSA) is 83.5 Å². The van der Waals surface area contributed by atoms with Crippen molar-refractivity contribution >= 4 is 43.3 Å². The Morgan fingerprint density at radius 1 is 1.47 bits per heavy atom. The minimum absolute atomic E-state index is 0.111. The van der Waals surface area contributed by atoms with Gasteiger partial charge in [-0.05, 0) is 34.3 Å². The lowest BCUT2D eigenvalue weighted by Crippen LogP contribution is -2.48. The molecule has 1 rings (SSSR count). The monoisotopic (exact) mass is 369 g/mol. The highest BCUT2D eigenvalue weighted by atomic mass is 79.9. The Morgan fingerprint density at radius 2 is 2.00 bits per heavy atom. The molecule has 5 nitrogen and oxygen atoms in total. The van der Waals surface area contributed by atoms with Gasteiger partial charge >= 0.3 is 5.97 Å². The second-order valence-electron chi connectivity index (χ2n) is 5.23. The summed E-state index contributed by atoms with van der Waals surface area (Å²) >= 11 is 4.51. The molecule has 0 aliphatic carbocycles. The molecule has 0 aliphatic heterocycles. The first-order chi connectivity index (χ1) is 8.45. The van der Waals surface area contributed by atoms with Gasteiger partial charge in [-0.1, -0.05) is 20.8 Å². The minimum atomic E-state index is -3.85. The van der Waals surface area contributed by atoms with E-state index in [1.165, 1.54) is 17.4 Å². The molecule has 2 N–H and O–H groups in total. The zero-order valence-electron chi connectivity index (χ0n) is 11.0. The van der Waals surface area contributed by atoms with Gasteiger partial charge in [-0.25, -0.2) is 8.42 Å². The summed E-state index contributed by atoms with van der Waals surface area (Å²) in [6, 6.07) is 0.291. The molecular weight excluding hydrogens is 354 g/mol. The van der Waals surface area contributed by atoms with Crippen molar-refractivity contribution in [2.75, 3.05) is 0 Å². The summed E-state index contributed by atoms with van der Waals surface area (Å²) in [6.07, 6.45) is 0. The number of aliphatic carboxylic acids is 1. The smallest absolute Gasteiger partial charge is 0.322 e. The van der Waals surface area contributed by atoms with Crippen molar-refractivity contribution in [3.8, 4) is 0 Å². The zero-order valence-corrected chi connectivity index (χ0v) is 14.2. The van der Waals surface area contributed by atoms with Gasteiger partial charge in [0, 0.05) is 4.88 Å². The summed E-state index contributed by atoms with van der Waals surface area (Å²) in [5.41, 5.74) is -0.722. The highest BCUT2D eigenvalue weighted by Gasteiger charge is 2.36. The number of carboxylic acid groups (broad SMARTS) is 1. The van der Waals surface area contributed by atoms with Gasteiger partial charge in [0.25, 0.3) is 0 Å². The Bertz CT molecular complexity index is 586. The fourth-order valence-electron chi connectivity index (χ4n) is 1.51. The van der Waals surface area contributed by atoms with Crippen LogP contribution in [0.15, 0.2) is 14.7 Å². The van der Waals surface area contributed by atoms with E-state index < -0.39 is 27.4 Å². The highest BCUT2D eigenvalue weighted by molar-refractivity contribution is 9.11. The van der Waals surface area contributed by atoms with E-state index in [-0.39, 0.29) is 4.90 Å². The van der Waals surface area contributed by atoms with Crippen LogP contribution in [0.3, 0.4) is 0 Å². The van der Waals surface area contributed by atoms with Crippen LogP contribution in [-0.4, -0.2) is 25.5 Å². The lowest BCUT2D eigenvalue weighted by Gasteiger charge is -2.27. The summed E-state index contributed by atoms with van der Waals surface area (Å²) in [5.74, 6) is -1.19. The third-order valence-electron chi connectivity index (χ3n) is 2.52. The summed E-state index contributed by atoms with van der Waals surface area (Å²) < 4.78 is 27.4. The van der Waals surface area contributed by atoms with Crippen LogP contribution < -0.4 is 4.72 Å². The van der Waals surface area contributed by atoms with E-state index in [4.69, 9.17) is 5.11 Å². The molecule has 8 heteroatoms. The number of carboxylic acids is 1. The molecular formula is C11H16BrNO4S2. The maximum Gasteiger partial charge on any atom is 0.322 e. The Morgan fingerprint density at radius 3 is 2.32 bits per heavy atom. The lowest BCUT2D eigenvalue weighted by atomic mass is 9.88. The normalized spacial score (nSPS) is 14.4. The van der Waals surface area contributed by atoms with E-state index in [0.29, 0.717) is 8.66 Å². The Kier molecular flexibility index (Phi) is 4.82. The molecule has 0 spiro atoms. The number of nitrogens with one attached hydrogen (secondary N) is 1. The van der Waals surface area contributed by atoms with E-state index in [0.717, 1.165) is 0 Å². The fraction of sp³-hybridized carbons (Fsp3) is 0.545. The van der Waals surface area contributed by atoms with Crippen LogP contribution in [0.4, 0.5) is 0 Å². The van der Waals surface area contributed by atoms with Crippen molar-refractivity contribution < 1.29 is 18.3 Å². The van der Waals surface area contributed by atoms with E-state index >= 15 is 0 Å². The molecule has 0 fully saturated rings. The van der Waals surface area contributed by atoms with Gasteiger partial charge < -0.3 is 5.11 Å². The molecule has 108 valence electrons. The molecule has 0 aliphatic rings. The van der Waals surface area contributed by atoms with Crippen LogP contribution in [0.1, 0.15) is 25.6 Å². The van der Waals surface area contributed by atoms with E-state index in [9.17, 15) is 13.2 Å². The third kappa shape index (κ3) is 4.01. The predicted molar refractivity (Wildman–Crippen MR) is 78.0 cm³/mol. The molecule has 19 heavy (non-hydrogen) atoms. The maximum atomic E-state index is 12.2. The van der Waals surface area contributed by atoms with Crippen molar-refractivity contribution in [3.05, 3.63) is 14.7 Å². The van der Waals surface area contributed by atoms with Gasteiger partial charge in [0.2, 0.25) is 10.0 Å². The van der Waals surface area contributed by atoms with Crippen molar-refractivity contribution in [2.24, 2.45) is 5.41 Å². The van der Waals surface area contributed by atoms with Gasteiger partial charge in [-0.15, -0.1) is 11.3 Å². The SMILES string of the molecule is Cc1sc(Br)cc1S(=O)(=O)N[C@@H](C(=O)O)C(C)(C)C. The van der Waals surface area contributed by atoms with E-state index in [1.807, 2.05) is 0 Å². The number of carbonyl (C=O) groups is 1. The van der Waals surface area contributed by atoms with E-state index in [2.05, 4.69) is 20.7 Å². The lowest BCUT2D eigenvalue weighted by molar-refractivity contribution is -0.141. The molecule has 1 atom stereocenters. The molecule has 1 heterocycles. The Labute approximate surface area is 125 Å². The molecule has 1 aromatic heterocycles. The van der Waals surface area contributed by atoms with Crippen molar-refractivity contribution in [1.29, 1.82) is 0 Å². The van der Waals surface area contributed by atoms with Gasteiger partial charge in [0.05, 0.1) is 8.68 Å². The minimum Gasteiger partial charge on any atom is -0.480 e. The van der Waals surface area contributed by atoms with Crippen LogP contribution >= 0.6 is 27.3 Å². The largest absolute Gasteiger partial charge is 0.480 e. The standard InChI is InChI=1S/C11H16BrNO4S2/c1-6-7(5-8(12)18-6)19(16,17)13-9(10(14)15)11(2,3)4/h5,9,13H,1-4H3,(H,14,15)/t9-/m0/s1. The number of thiophene rings is 1. The summed E-state index contributed by atoms with van der Waals surface area (Å²) in [4.78, 5) is 11.9. The molecule has 0 saturated heterocycles. The Hall–Kier alpha value is -0.440. The first-order valence-corrected chi connectivity index (χ1v) is 8.55. The molecule has 0 bridgehead atoms. The van der Waals surface area contributed by atoms with Gasteiger partial charge in [-0.3, -0.25) is 4.79 Å². The quantitative estimate of drug-likeness (QED) is 0.854. The number of sulfonamides is 1. The number of rotatable bonds is 4. The zero-order chi connectivity index (χ0) is 15.0. The fourth-order valence-corrected chi connectivity index (χ4v) is 5.32. The molecule has 0 aromatic carbocycles. The average Bonchev–Trinajstić information content (AvgIpc) is 2.53. The first-order valence-electron chi connectivity index (χ1n) is 5.46. The van der Waals surface area contributed by atoms with Crippen LogP contribution in [0, 0.1) is 12.3 Å². The molecule has 0 saturated carbocycles. The average molecular weight is 370 g/mol. The molecule has 1 aromatic rings. The number of halogens is 1. The summed E-state index contributed by atoms with van der Waals surface area (Å²) in [6.45, 7) is 6.69. The number of hydrogen-bond acceptors (Lipinski definition) is 4. The van der Waals surface area contributed by atoms with E-state index in [1.54, 1.807) is 27.7 Å². The molecule has 0 amide bonds. The maximum absolute atomic E-state index is 12.2. The third-order valence-corrected chi connectivity index (χ3v) is 5.75. The summed E-state index contributed by atoms with van der Waals surface area (Å²) in [5, 5.41) is 9.16. The van der Waals surface area contributed by atoms with Gasteiger partial charge in [-0.2, -0.15) is 4.72 Å². The van der Waals surface area contributed by atoms with Crippen LogP contribution in [-0.2, 0) is 14.8 Å². The second-order valence-corrected chi connectivity index (χ2v) is 9.55. The number of aryl methyl sites for hydroxylation is 1. The van der Waals surface area contributed by atoms with Crippen molar-refractivity contribution in [3.63, 3.8) is 0 Å². The number of hydrogen-bond donors (Lipinski definition) is 2. The van der Waals surface area contributed by atoms with Crippen LogP contribution in [0.2, 0.25) is 0 Å². The first kappa shape index (κ1) is 16.6. The van der Waals surface area contributed by atoms with Crippen LogP contribution in [0.25, 0.3) is 0 Å².